The minimum Gasteiger partial charge on any atom is -0.380 e. The van der Waals surface area contributed by atoms with Gasteiger partial charge in [-0.2, -0.15) is 0 Å². The topological polar surface area (TPSA) is 57.7 Å². The molecular weight excluding hydrogens is 324 g/mol. The van der Waals surface area contributed by atoms with Crippen molar-refractivity contribution in [1.29, 1.82) is 0 Å². The summed E-state index contributed by atoms with van der Waals surface area (Å²) in [6.07, 6.45) is 2.26. The van der Waals surface area contributed by atoms with Gasteiger partial charge in [0.25, 0.3) is 0 Å². The molecule has 7 heteroatoms. The summed E-state index contributed by atoms with van der Waals surface area (Å²) in [7, 11) is 0. The van der Waals surface area contributed by atoms with E-state index in [-0.39, 0.29) is 11.4 Å². The molecule has 4 heterocycles. The van der Waals surface area contributed by atoms with Gasteiger partial charge in [-0.25, -0.2) is 9.78 Å². The van der Waals surface area contributed by atoms with Crippen LogP contribution in [0.5, 0.6) is 0 Å². The second-order valence-corrected chi connectivity index (χ2v) is 8.40. The first-order valence-corrected chi connectivity index (χ1v) is 9.76. The number of likely N-dealkylation sites (tertiary alicyclic amines) is 2. The number of nitrogens with one attached hydrogen (secondary N) is 1. The zero-order valence-electron chi connectivity index (χ0n) is 14.3. The van der Waals surface area contributed by atoms with Gasteiger partial charge in [-0.3, -0.25) is 4.90 Å². The molecule has 1 N–H and O–H groups in total. The molecule has 132 valence electrons. The molecule has 24 heavy (non-hydrogen) atoms. The number of thiazole rings is 1. The number of rotatable bonds is 4. The van der Waals surface area contributed by atoms with E-state index in [9.17, 15) is 4.79 Å². The predicted molar refractivity (Wildman–Crippen MR) is 93.1 cm³/mol. The van der Waals surface area contributed by atoms with Crippen LogP contribution in [0.4, 0.5) is 4.79 Å². The average molecular weight is 350 g/mol. The van der Waals surface area contributed by atoms with Gasteiger partial charge in [0.05, 0.1) is 24.4 Å². The number of aromatic nitrogens is 1. The van der Waals surface area contributed by atoms with Gasteiger partial charge in [0.15, 0.2) is 0 Å². The fourth-order valence-electron chi connectivity index (χ4n) is 4.28. The number of urea groups is 1. The van der Waals surface area contributed by atoms with Crippen molar-refractivity contribution in [2.24, 2.45) is 11.3 Å². The Kier molecular flexibility index (Phi) is 4.49. The first kappa shape index (κ1) is 16.3. The van der Waals surface area contributed by atoms with Crippen molar-refractivity contribution in [1.82, 2.24) is 20.1 Å². The largest absolute Gasteiger partial charge is 0.380 e. The van der Waals surface area contributed by atoms with Gasteiger partial charge in [-0.05, 0) is 19.8 Å². The van der Waals surface area contributed by atoms with Crippen LogP contribution >= 0.6 is 11.3 Å². The maximum absolute atomic E-state index is 12.3. The van der Waals surface area contributed by atoms with Crippen LogP contribution in [-0.4, -0.2) is 66.8 Å². The summed E-state index contributed by atoms with van der Waals surface area (Å²) in [5, 5.41) is 3.19. The van der Waals surface area contributed by atoms with E-state index in [1.807, 2.05) is 10.4 Å². The van der Waals surface area contributed by atoms with E-state index in [1.54, 1.807) is 11.3 Å². The molecule has 3 saturated heterocycles. The highest BCUT2D eigenvalue weighted by Crippen LogP contribution is 2.41. The molecule has 3 fully saturated rings. The SMILES string of the molecule is Cc1ncsc1CN1C[C@@H]2COC[C@]2(CNC(=O)N2CCCC2)C1. The van der Waals surface area contributed by atoms with Crippen LogP contribution < -0.4 is 5.32 Å². The number of ether oxygens (including phenoxy) is 1. The lowest BCUT2D eigenvalue weighted by molar-refractivity contribution is 0.125. The van der Waals surface area contributed by atoms with Crippen molar-refractivity contribution in [3.8, 4) is 0 Å². The molecule has 1 aromatic rings. The van der Waals surface area contributed by atoms with Crippen LogP contribution in [0.15, 0.2) is 5.51 Å². The maximum Gasteiger partial charge on any atom is 0.317 e. The molecule has 4 rings (SSSR count). The number of hydrogen-bond acceptors (Lipinski definition) is 5. The van der Waals surface area contributed by atoms with Gasteiger partial charge in [0.1, 0.15) is 0 Å². The highest BCUT2D eigenvalue weighted by atomic mass is 32.1. The molecule has 6 nitrogen and oxygen atoms in total. The summed E-state index contributed by atoms with van der Waals surface area (Å²) in [5.41, 5.74) is 3.15. The summed E-state index contributed by atoms with van der Waals surface area (Å²) < 4.78 is 5.78. The van der Waals surface area contributed by atoms with Crippen LogP contribution in [0, 0.1) is 18.3 Å². The highest BCUT2D eigenvalue weighted by Gasteiger charge is 2.50. The first-order valence-electron chi connectivity index (χ1n) is 8.88. The molecule has 1 aromatic heterocycles. The first-order chi connectivity index (χ1) is 11.7. The van der Waals surface area contributed by atoms with E-state index >= 15 is 0 Å². The second kappa shape index (κ2) is 6.61. The van der Waals surface area contributed by atoms with Crippen molar-refractivity contribution in [2.75, 3.05) is 45.9 Å². The third-order valence-electron chi connectivity index (χ3n) is 5.79. The molecule has 0 aliphatic carbocycles. The zero-order chi connectivity index (χ0) is 16.6. The lowest BCUT2D eigenvalue weighted by atomic mass is 9.81. The van der Waals surface area contributed by atoms with Crippen LogP contribution in [-0.2, 0) is 11.3 Å². The van der Waals surface area contributed by atoms with Crippen LogP contribution in [0.2, 0.25) is 0 Å². The predicted octanol–water partition coefficient (Wildman–Crippen LogP) is 1.71. The lowest BCUT2D eigenvalue weighted by Gasteiger charge is -2.29. The van der Waals surface area contributed by atoms with E-state index in [1.165, 1.54) is 4.88 Å². The third-order valence-corrected chi connectivity index (χ3v) is 6.71. The Balaban J connectivity index is 1.37. The fraction of sp³-hybridized carbons (Fsp3) is 0.765. The number of fused-ring (bicyclic) bond motifs is 1. The van der Waals surface area contributed by atoms with Crippen molar-refractivity contribution >= 4 is 17.4 Å². The third kappa shape index (κ3) is 3.05. The van der Waals surface area contributed by atoms with Crippen molar-refractivity contribution in [3.05, 3.63) is 16.1 Å². The molecule has 0 radical (unpaired) electrons. The van der Waals surface area contributed by atoms with E-state index in [2.05, 4.69) is 22.1 Å². The molecule has 2 amide bonds. The summed E-state index contributed by atoms with van der Waals surface area (Å²) in [4.78, 5) is 22.5. The highest BCUT2D eigenvalue weighted by molar-refractivity contribution is 7.09. The van der Waals surface area contributed by atoms with E-state index < -0.39 is 0 Å². The molecule has 0 saturated carbocycles. The van der Waals surface area contributed by atoms with E-state index in [0.717, 1.165) is 71.0 Å². The van der Waals surface area contributed by atoms with Gasteiger partial charge in [-0.1, -0.05) is 0 Å². The summed E-state index contributed by atoms with van der Waals surface area (Å²) in [6, 6.07) is 0.101. The van der Waals surface area contributed by atoms with E-state index in [0.29, 0.717) is 5.92 Å². The van der Waals surface area contributed by atoms with Gasteiger partial charge >= 0.3 is 6.03 Å². The number of aryl methyl sites for hydroxylation is 1. The Morgan fingerprint density at radius 2 is 2.33 bits per heavy atom. The Bertz CT molecular complexity index is 601. The van der Waals surface area contributed by atoms with Crippen molar-refractivity contribution < 1.29 is 9.53 Å². The molecule has 3 aliphatic heterocycles. The monoisotopic (exact) mass is 350 g/mol. The fourth-order valence-corrected chi connectivity index (χ4v) is 5.10. The molecule has 3 aliphatic rings. The number of hydrogen-bond donors (Lipinski definition) is 1. The second-order valence-electron chi connectivity index (χ2n) is 7.46. The summed E-state index contributed by atoms with van der Waals surface area (Å²) in [6.45, 7) is 9.20. The average Bonchev–Trinajstić information content (AvgIpc) is 3.31. The van der Waals surface area contributed by atoms with Crippen LogP contribution in [0.1, 0.15) is 23.4 Å². The summed E-state index contributed by atoms with van der Waals surface area (Å²) >= 11 is 1.74. The molecule has 0 spiro atoms. The van der Waals surface area contributed by atoms with E-state index in [4.69, 9.17) is 4.74 Å². The molecule has 2 atom stereocenters. The van der Waals surface area contributed by atoms with Gasteiger partial charge in [0, 0.05) is 55.5 Å². The molecule has 0 bridgehead atoms. The quantitative estimate of drug-likeness (QED) is 0.898. The zero-order valence-corrected chi connectivity index (χ0v) is 15.1. The minimum atomic E-state index is 0.0774. The standard InChI is InChI=1S/C17H26N4O2S/c1-13-15(24-12-19-13)7-20-6-14-8-23-11-17(14,10-20)9-18-16(22)21-4-2-3-5-21/h12,14H,2-11H2,1H3,(H,18,22)/t14-,17+/m1/s1. The Labute approximate surface area is 147 Å². The van der Waals surface area contributed by atoms with Crippen LogP contribution in [0.25, 0.3) is 0 Å². The number of carbonyl (C=O) groups is 1. The smallest absolute Gasteiger partial charge is 0.317 e. The Morgan fingerprint density at radius 1 is 1.50 bits per heavy atom. The van der Waals surface area contributed by atoms with Gasteiger partial charge in [-0.15, -0.1) is 11.3 Å². The normalized spacial score (nSPS) is 30.0. The summed E-state index contributed by atoms with van der Waals surface area (Å²) in [5.74, 6) is 0.518. The number of nitrogens with zero attached hydrogens (tertiary/aromatic N) is 3. The minimum absolute atomic E-state index is 0.0774. The number of amides is 2. The van der Waals surface area contributed by atoms with Gasteiger partial charge < -0.3 is 15.0 Å². The Hall–Kier alpha value is -1.18. The maximum atomic E-state index is 12.3. The van der Waals surface area contributed by atoms with Crippen LogP contribution in [0.3, 0.4) is 0 Å². The van der Waals surface area contributed by atoms with Crippen molar-refractivity contribution in [2.45, 2.75) is 26.3 Å². The van der Waals surface area contributed by atoms with Crippen molar-refractivity contribution in [3.63, 3.8) is 0 Å². The number of carbonyl (C=O) groups excluding carboxylic acids is 1. The molecule has 0 aromatic carbocycles. The molecule has 0 unspecified atom stereocenters. The Morgan fingerprint density at radius 3 is 3.08 bits per heavy atom. The molecular formula is C17H26N4O2S. The lowest BCUT2D eigenvalue weighted by Crippen LogP contribution is -2.47. The van der Waals surface area contributed by atoms with Gasteiger partial charge in [0.2, 0.25) is 0 Å².